The van der Waals surface area contributed by atoms with Crippen molar-refractivity contribution in [3.8, 4) is 11.3 Å². The molecule has 4 aromatic rings. The lowest BCUT2D eigenvalue weighted by molar-refractivity contribution is -0.113. The van der Waals surface area contributed by atoms with Crippen LogP contribution in [0.5, 0.6) is 0 Å². The van der Waals surface area contributed by atoms with E-state index in [2.05, 4.69) is 31.1 Å². The van der Waals surface area contributed by atoms with Crippen molar-refractivity contribution in [1.29, 1.82) is 0 Å². The van der Waals surface area contributed by atoms with Gasteiger partial charge in [0.05, 0.1) is 11.4 Å². The fraction of sp³-hybridized carbons (Fsp3) is 0.143. The van der Waals surface area contributed by atoms with Crippen molar-refractivity contribution in [1.82, 2.24) is 25.2 Å². The lowest BCUT2D eigenvalue weighted by Gasteiger charge is -2.06. The van der Waals surface area contributed by atoms with Gasteiger partial charge < -0.3 is 5.32 Å². The molecule has 4 rings (SSSR count). The van der Waals surface area contributed by atoms with Crippen molar-refractivity contribution in [2.24, 2.45) is 7.05 Å². The average Bonchev–Trinajstić information content (AvgIpc) is 3.42. The van der Waals surface area contributed by atoms with Crippen molar-refractivity contribution < 1.29 is 9.59 Å². The van der Waals surface area contributed by atoms with Gasteiger partial charge in [0.2, 0.25) is 11.1 Å². The number of carbonyl (C=O) groups is 2. The molecule has 2 heterocycles. The lowest BCUT2D eigenvalue weighted by Crippen LogP contribution is -2.15. The van der Waals surface area contributed by atoms with Crippen molar-refractivity contribution in [3.63, 3.8) is 0 Å². The fourth-order valence-corrected chi connectivity index (χ4v) is 4.10. The molecule has 0 unspecified atom stereocenters. The minimum Gasteiger partial charge on any atom is -0.325 e. The highest BCUT2D eigenvalue weighted by molar-refractivity contribution is 7.99. The molecule has 0 aliphatic carbocycles. The Morgan fingerprint density at radius 3 is 2.50 bits per heavy atom. The molecule has 0 aliphatic heterocycles. The fourth-order valence-electron chi connectivity index (χ4n) is 2.73. The largest absolute Gasteiger partial charge is 0.325 e. The number of benzene rings is 2. The average molecular weight is 466 g/mol. The Morgan fingerprint density at radius 2 is 1.81 bits per heavy atom. The van der Waals surface area contributed by atoms with Gasteiger partial charge in [0, 0.05) is 29.2 Å². The van der Waals surface area contributed by atoms with E-state index in [1.807, 2.05) is 36.6 Å². The van der Waals surface area contributed by atoms with Crippen LogP contribution < -0.4 is 10.6 Å². The van der Waals surface area contributed by atoms with E-state index in [1.165, 1.54) is 33.3 Å². The van der Waals surface area contributed by atoms with E-state index in [0.717, 1.165) is 11.3 Å². The van der Waals surface area contributed by atoms with Crippen LogP contribution in [0, 0.1) is 6.92 Å². The Morgan fingerprint density at radius 1 is 1.06 bits per heavy atom. The molecule has 2 aromatic carbocycles. The summed E-state index contributed by atoms with van der Waals surface area (Å²) in [5.41, 5.74) is 4.06. The maximum absolute atomic E-state index is 12.5. The molecule has 162 valence electrons. The standard InChI is InChI=1S/C21H19N7O2S2/c1-13-3-5-14(6-4-13)17-11-31-20(23-17)24-19(30)15-7-9-16(10-8-15)22-18(29)12-32-21-25-26-27-28(21)2/h3-11H,12H2,1-2H3,(H,22,29)(H,23,24,30). The van der Waals surface area contributed by atoms with Crippen LogP contribution in [0.15, 0.2) is 59.1 Å². The van der Waals surface area contributed by atoms with Gasteiger partial charge in [-0.2, -0.15) is 0 Å². The number of aryl methyl sites for hydroxylation is 2. The Balaban J connectivity index is 1.31. The van der Waals surface area contributed by atoms with E-state index < -0.39 is 0 Å². The third-order valence-corrected chi connectivity index (χ3v) is 6.18. The van der Waals surface area contributed by atoms with Gasteiger partial charge in [0.15, 0.2) is 5.13 Å². The van der Waals surface area contributed by atoms with Crippen LogP contribution in [0.3, 0.4) is 0 Å². The van der Waals surface area contributed by atoms with E-state index in [-0.39, 0.29) is 17.6 Å². The van der Waals surface area contributed by atoms with Crippen LogP contribution in [-0.4, -0.2) is 42.8 Å². The summed E-state index contributed by atoms with van der Waals surface area (Å²) < 4.78 is 1.50. The zero-order valence-electron chi connectivity index (χ0n) is 17.3. The van der Waals surface area contributed by atoms with Crippen LogP contribution in [-0.2, 0) is 11.8 Å². The molecule has 32 heavy (non-hydrogen) atoms. The first kappa shape index (κ1) is 21.7. The lowest BCUT2D eigenvalue weighted by atomic mass is 10.1. The molecule has 0 saturated carbocycles. The molecular formula is C21H19N7O2S2. The molecule has 0 radical (unpaired) electrons. The zero-order valence-corrected chi connectivity index (χ0v) is 18.9. The Labute approximate surface area is 192 Å². The summed E-state index contributed by atoms with van der Waals surface area (Å²) in [6, 6.07) is 14.7. The molecule has 0 bridgehead atoms. The van der Waals surface area contributed by atoms with Crippen molar-refractivity contribution in [3.05, 3.63) is 65.0 Å². The number of aromatic nitrogens is 5. The summed E-state index contributed by atoms with van der Waals surface area (Å²) in [4.78, 5) is 29.2. The van der Waals surface area contributed by atoms with Crippen molar-refractivity contribution >= 4 is 45.7 Å². The topological polar surface area (TPSA) is 115 Å². The maximum Gasteiger partial charge on any atom is 0.257 e. The van der Waals surface area contributed by atoms with Gasteiger partial charge in [-0.05, 0) is 41.6 Å². The number of thiazole rings is 1. The molecule has 2 amide bonds. The second kappa shape index (κ2) is 9.71. The smallest absolute Gasteiger partial charge is 0.257 e. The Kier molecular flexibility index (Phi) is 6.57. The van der Waals surface area contributed by atoms with Gasteiger partial charge in [0.25, 0.3) is 5.91 Å². The predicted molar refractivity (Wildman–Crippen MR) is 125 cm³/mol. The summed E-state index contributed by atoms with van der Waals surface area (Å²) in [7, 11) is 1.71. The van der Waals surface area contributed by atoms with Crippen LogP contribution >= 0.6 is 23.1 Å². The quantitative estimate of drug-likeness (QED) is 0.401. The summed E-state index contributed by atoms with van der Waals surface area (Å²) in [6.45, 7) is 2.03. The molecular weight excluding hydrogens is 446 g/mol. The monoisotopic (exact) mass is 465 g/mol. The van der Waals surface area contributed by atoms with Crippen LogP contribution in [0.2, 0.25) is 0 Å². The third kappa shape index (κ3) is 5.37. The summed E-state index contributed by atoms with van der Waals surface area (Å²) >= 11 is 2.61. The highest BCUT2D eigenvalue weighted by Gasteiger charge is 2.12. The number of nitrogens with one attached hydrogen (secondary N) is 2. The number of thioether (sulfide) groups is 1. The summed E-state index contributed by atoms with van der Waals surface area (Å²) in [6.07, 6.45) is 0. The highest BCUT2D eigenvalue weighted by Crippen LogP contribution is 2.25. The van der Waals surface area contributed by atoms with Gasteiger partial charge in [0.1, 0.15) is 0 Å². The normalized spacial score (nSPS) is 10.7. The second-order valence-electron chi connectivity index (χ2n) is 6.86. The summed E-state index contributed by atoms with van der Waals surface area (Å²) in [5.74, 6) is -0.288. The molecule has 0 aliphatic rings. The Bertz CT molecular complexity index is 1230. The van der Waals surface area contributed by atoms with Gasteiger partial charge in [-0.15, -0.1) is 16.4 Å². The predicted octanol–water partition coefficient (Wildman–Crippen LogP) is 3.63. The van der Waals surface area contributed by atoms with Gasteiger partial charge in [-0.3, -0.25) is 14.9 Å². The molecule has 11 heteroatoms. The maximum atomic E-state index is 12.5. The highest BCUT2D eigenvalue weighted by atomic mass is 32.2. The number of hydrogen-bond donors (Lipinski definition) is 2. The first-order valence-electron chi connectivity index (χ1n) is 9.57. The van der Waals surface area contributed by atoms with Crippen LogP contribution in [0.1, 0.15) is 15.9 Å². The number of anilines is 2. The molecule has 9 nitrogen and oxygen atoms in total. The molecule has 0 atom stereocenters. The molecule has 2 aromatic heterocycles. The Hall–Kier alpha value is -3.57. The van der Waals surface area contributed by atoms with Gasteiger partial charge >= 0.3 is 0 Å². The molecule has 2 N–H and O–H groups in total. The van der Waals surface area contributed by atoms with E-state index in [1.54, 1.807) is 31.3 Å². The molecule has 0 saturated heterocycles. The number of nitrogens with zero attached hydrogens (tertiary/aromatic N) is 5. The summed E-state index contributed by atoms with van der Waals surface area (Å²) in [5, 5.41) is 19.7. The van der Waals surface area contributed by atoms with E-state index in [9.17, 15) is 9.59 Å². The number of rotatable bonds is 7. The van der Waals surface area contributed by atoms with E-state index in [4.69, 9.17) is 0 Å². The first-order valence-corrected chi connectivity index (χ1v) is 11.4. The van der Waals surface area contributed by atoms with Gasteiger partial charge in [-0.1, -0.05) is 41.6 Å². The SMILES string of the molecule is Cc1ccc(-c2csc(NC(=O)c3ccc(NC(=O)CSc4nnnn4C)cc3)n2)cc1. The molecule has 0 fully saturated rings. The van der Waals surface area contributed by atoms with E-state index in [0.29, 0.717) is 21.5 Å². The van der Waals surface area contributed by atoms with Gasteiger partial charge in [-0.25, -0.2) is 9.67 Å². The third-order valence-electron chi connectivity index (χ3n) is 4.42. The molecule has 0 spiro atoms. The number of carbonyl (C=O) groups excluding carboxylic acids is 2. The van der Waals surface area contributed by atoms with E-state index >= 15 is 0 Å². The van der Waals surface area contributed by atoms with Crippen molar-refractivity contribution in [2.75, 3.05) is 16.4 Å². The number of tetrazole rings is 1. The van der Waals surface area contributed by atoms with Crippen LogP contribution in [0.25, 0.3) is 11.3 Å². The minimum absolute atomic E-state index is 0.170. The second-order valence-corrected chi connectivity index (χ2v) is 8.66. The first-order chi connectivity index (χ1) is 15.5. The van der Waals surface area contributed by atoms with Crippen LogP contribution in [0.4, 0.5) is 10.8 Å². The minimum atomic E-state index is -0.266. The van der Waals surface area contributed by atoms with Crippen molar-refractivity contribution in [2.45, 2.75) is 12.1 Å². The number of amides is 2. The zero-order chi connectivity index (χ0) is 22.5. The number of hydrogen-bond acceptors (Lipinski definition) is 8.